The van der Waals surface area contributed by atoms with Crippen molar-refractivity contribution in [1.29, 1.82) is 0 Å². The van der Waals surface area contributed by atoms with E-state index in [4.69, 9.17) is 0 Å². The van der Waals surface area contributed by atoms with E-state index in [0.29, 0.717) is 18.4 Å². The topological polar surface area (TPSA) is 32.3 Å². The van der Waals surface area contributed by atoms with Gasteiger partial charge in [-0.1, -0.05) is 41.9 Å². The summed E-state index contributed by atoms with van der Waals surface area (Å²) in [6.07, 6.45) is 1.66. The van der Waals surface area contributed by atoms with Gasteiger partial charge in [-0.05, 0) is 30.0 Å². The van der Waals surface area contributed by atoms with Gasteiger partial charge in [-0.25, -0.2) is 0 Å². The summed E-state index contributed by atoms with van der Waals surface area (Å²) in [6.45, 7) is 6.82. The predicted molar refractivity (Wildman–Crippen MR) is 85.4 cm³/mol. The van der Waals surface area contributed by atoms with Crippen LogP contribution in [0.2, 0.25) is 0 Å². The van der Waals surface area contributed by atoms with Gasteiger partial charge in [0.15, 0.2) is 0 Å². The third kappa shape index (κ3) is 4.06. The van der Waals surface area contributed by atoms with E-state index in [1.165, 1.54) is 5.56 Å². The fraction of sp³-hybridized carbons (Fsp3) is 0.562. The van der Waals surface area contributed by atoms with Crippen molar-refractivity contribution in [3.63, 3.8) is 0 Å². The Labute approximate surface area is 129 Å². The molecule has 0 bridgehead atoms. The van der Waals surface area contributed by atoms with Gasteiger partial charge in [0.25, 0.3) is 0 Å². The predicted octanol–water partition coefficient (Wildman–Crippen LogP) is 3.19. The molecule has 1 saturated heterocycles. The molecule has 20 heavy (non-hydrogen) atoms. The molecule has 1 N–H and O–H groups in total. The molecule has 3 nitrogen and oxygen atoms in total. The van der Waals surface area contributed by atoms with Crippen LogP contribution >= 0.6 is 15.9 Å². The van der Waals surface area contributed by atoms with Gasteiger partial charge in [-0.2, -0.15) is 0 Å². The van der Waals surface area contributed by atoms with Crippen molar-refractivity contribution in [2.75, 3.05) is 13.1 Å². The van der Waals surface area contributed by atoms with Crippen LogP contribution in [-0.2, 0) is 11.3 Å². The van der Waals surface area contributed by atoms with Crippen LogP contribution in [0.25, 0.3) is 0 Å². The lowest BCUT2D eigenvalue weighted by atomic mass is 9.93. The molecule has 0 aromatic heterocycles. The fourth-order valence-corrected chi connectivity index (χ4v) is 3.01. The van der Waals surface area contributed by atoms with Crippen molar-refractivity contribution >= 4 is 21.8 Å². The molecule has 0 saturated carbocycles. The molecule has 1 aliphatic heterocycles. The van der Waals surface area contributed by atoms with Crippen molar-refractivity contribution in [3.05, 3.63) is 34.3 Å². The number of benzene rings is 1. The maximum Gasteiger partial charge on any atom is 0.222 e. The number of hydrogen-bond acceptors (Lipinski definition) is 2. The maximum absolute atomic E-state index is 11.7. The molecule has 1 fully saturated rings. The Kier molecular flexibility index (Phi) is 5.61. The van der Waals surface area contributed by atoms with Gasteiger partial charge in [0.1, 0.15) is 0 Å². The second-order valence-corrected chi connectivity index (χ2v) is 6.49. The molecule has 2 atom stereocenters. The van der Waals surface area contributed by atoms with Gasteiger partial charge in [0.05, 0.1) is 0 Å². The van der Waals surface area contributed by atoms with Gasteiger partial charge in [-0.3, -0.25) is 4.79 Å². The Morgan fingerprint density at radius 2 is 2.10 bits per heavy atom. The number of halogens is 1. The highest BCUT2D eigenvalue weighted by Gasteiger charge is 2.27. The van der Waals surface area contributed by atoms with E-state index >= 15 is 0 Å². The average molecular weight is 339 g/mol. The van der Waals surface area contributed by atoms with Gasteiger partial charge >= 0.3 is 0 Å². The van der Waals surface area contributed by atoms with E-state index in [-0.39, 0.29) is 5.91 Å². The van der Waals surface area contributed by atoms with E-state index in [0.717, 1.165) is 30.5 Å². The zero-order chi connectivity index (χ0) is 14.5. The Morgan fingerprint density at radius 1 is 1.40 bits per heavy atom. The number of rotatable bonds is 4. The van der Waals surface area contributed by atoms with E-state index < -0.39 is 0 Å². The van der Waals surface area contributed by atoms with Crippen LogP contribution in [0.3, 0.4) is 0 Å². The average Bonchev–Trinajstić information content (AvgIpc) is 2.46. The molecule has 1 aliphatic rings. The fourth-order valence-electron chi connectivity index (χ4n) is 2.75. The van der Waals surface area contributed by atoms with E-state index in [1.54, 1.807) is 0 Å². The molecule has 0 radical (unpaired) electrons. The molecule has 0 spiro atoms. The summed E-state index contributed by atoms with van der Waals surface area (Å²) in [6, 6.07) is 8.92. The number of nitrogens with one attached hydrogen (secondary N) is 1. The Hall–Kier alpha value is -0.870. The number of likely N-dealkylation sites (tertiary alicyclic amines) is 1. The zero-order valence-electron chi connectivity index (χ0n) is 12.2. The summed E-state index contributed by atoms with van der Waals surface area (Å²) in [5.41, 5.74) is 1.30. The minimum atomic E-state index is 0.281. The molecule has 1 aromatic carbocycles. The third-order valence-electron chi connectivity index (χ3n) is 4.04. The quantitative estimate of drug-likeness (QED) is 0.914. The van der Waals surface area contributed by atoms with Crippen LogP contribution < -0.4 is 5.32 Å². The van der Waals surface area contributed by atoms with Crippen LogP contribution in [0.5, 0.6) is 0 Å². The second kappa shape index (κ2) is 7.23. The summed E-state index contributed by atoms with van der Waals surface area (Å²) in [5.74, 6) is 0.790. The van der Waals surface area contributed by atoms with Gasteiger partial charge in [0.2, 0.25) is 5.91 Å². The van der Waals surface area contributed by atoms with E-state index in [9.17, 15) is 4.79 Å². The first kappa shape index (κ1) is 15.5. The number of piperidine rings is 1. The maximum atomic E-state index is 11.7. The van der Waals surface area contributed by atoms with Crippen molar-refractivity contribution in [2.24, 2.45) is 5.92 Å². The summed E-state index contributed by atoms with van der Waals surface area (Å²) in [4.78, 5) is 13.7. The van der Waals surface area contributed by atoms with Crippen LogP contribution in [0.1, 0.15) is 32.3 Å². The molecular weight excluding hydrogens is 316 g/mol. The van der Waals surface area contributed by atoms with E-state index in [2.05, 4.69) is 52.4 Å². The molecule has 0 aliphatic carbocycles. The number of hydrogen-bond donors (Lipinski definition) is 1. The van der Waals surface area contributed by atoms with Crippen molar-refractivity contribution < 1.29 is 4.79 Å². The normalized spacial score (nSPS) is 22.9. The molecular formula is C16H23BrN2O. The highest BCUT2D eigenvalue weighted by atomic mass is 79.9. The van der Waals surface area contributed by atoms with Crippen molar-refractivity contribution in [3.8, 4) is 0 Å². The van der Waals surface area contributed by atoms with Crippen LogP contribution in [0.4, 0.5) is 0 Å². The number of nitrogens with zero attached hydrogens (tertiary/aromatic N) is 1. The lowest BCUT2D eigenvalue weighted by molar-refractivity contribution is -0.132. The molecule has 4 heteroatoms. The largest absolute Gasteiger partial charge is 0.342 e. The molecule has 1 heterocycles. The molecule has 110 valence electrons. The summed E-state index contributed by atoms with van der Waals surface area (Å²) in [7, 11) is 0. The van der Waals surface area contributed by atoms with Gasteiger partial charge in [-0.15, -0.1) is 0 Å². The minimum absolute atomic E-state index is 0.281. The highest BCUT2D eigenvalue weighted by Crippen LogP contribution is 2.18. The molecule has 2 rings (SSSR count). The first-order valence-corrected chi connectivity index (χ1v) is 8.15. The summed E-state index contributed by atoms with van der Waals surface area (Å²) < 4.78 is 1.11. The van der Waals surface area contributed by atoms with Crippen LogP contribution in [0, 0.1) is 5.92 Å². The van der Waals surface area contributed by atoms with Crippen LogP contribution in [0.15, 0.2) is 28.7 Å². The third-order valence-corrected chi connectivity index (χ3v) is 4.57. The summed E-state index contributed by atoms with van der Waals surface area (Å²) in [5, 5.41) is 3.63. The van der Waals surface area contributed by atoms with Crippen molar-refractivity contribution in [2.45, 2.75) is 39.3 Å². The SMILES string of the molecule is CCC(=O)N1CC[C@H](NCc2ccc(Br)cc2)[C@@H](C)C1. The molecule has 0 unspecified atom stereocenters. The Bertz CT molecular complexity index is 446. The van der Waals surface area contributed by atoms with E-state index in [1.807, 2.05) is 11.8 Å². The lowest BCUT2D eigenvalue weighted by Gasteiger charge is -2.37. The highest BCUT2D eigenvalue weighted by molar-refractivity contribution is 9.10. The number of amides is 1. The van der Waals surface area contributed by atoms with Gasteiger partial charge in [0, 0.05) is 36.6 Å². The first-order valence-electron chi connectivity index (χ1n) is 7.35. The Balaban J connectivity index is 1.83. The summed E-state index contributed by atoms with van der Waals surface area (Å²) >= 11 is 3.45. The van der Waals surface area contributed by atoms with Gasteiger partial charge < -0.3 is 10.2 Å². The smallest absolute Gasteiger partial charge is 0.222 e. The first-order chi connectivity index (χ1) is 9.60. The second-order valence-electron chi connectivity index (χ2n) is 5.57. The van der Waals surface area contributed by atoms with Crippen molar-refractivity contribution in [1.82, 2.24) is 10.2 Å². The zero-order valence-corrected chi connectivity index (χ0v) is 13.8. The number of carbonyl (C=O) groups is 1. The number of carbonyl (C=O) groups excluding carboxylic acids is 1. The van der Waals surface area contributed by atoms with Crippen LogP contribution in [-0.4, -0.2) is 29.9 Å². The standard InChI is InChI=1S/C16H23BrN2O/c1-3-16(20)19-9-8-15(12(2)11-19)18-10-13-4-6-14(17)7-5-13/h4-7,12,15,18H,3,8-11H2,1-2H3/t12-,15-/m0/s1. The lowest BCUT2D eigenvalue weighted by Crippen LogP contribution is -2.49. The Morgan fingerprint density at radius 3 is 2.70 bits per heavy atom. The minimum Gasteiger partial charge on any atom is -0.342 e. The molecule has 1 amide bonds. The molecule has 1 aromatic rings. The monoisotopic (exact) mass is 338 g/mol.